The molecule has 0 amide bonds. The fourth-order valence-corrected chi connectivity index (χ4v) is 2.28. The van der Waals surface area contributed by atoms with Crippen molar-refractivity contribution in [1.82, 2.24) is 0 Å². The fraction of sp³-hybridized carbons (Fsp3) is 0.571. The number of nitrogens with two attached hydrogens (primary N) is 1. The molecule has 2 N–H and O–H groups in total. The summed E-state index contributed by atoms with van der Waals surface area (Å²) in [5.74, 6) is 0.979. The zero-order valence-electron chi connectivity index (χ0n) is 10.0. The van der Waals surface area contributed by atoms with Crippen molar-refractivity contribution >= 4 is 0 Å². The Bertz CT molecular complexity index is 350. The number of hydrogen-bond acceptors (Lipinski definition) is 2. The molecule has 2 heteroatoms. The van der Waals surface area contributed by atoms with Gasteiger partial charge in [0, 0.05) is 12.8 Å². The Hall–Kier alpha value is -1.02. The summed E-state index contributed by atoms with van der Waals surface area (Å²) >= 11 is 0. The van der Waals surface area contributed by atoms with Gasteiger partial charge in [-0.25, -0.2) is 0 Å². The number of unbranched alkanes of at least 4 members (excludes halogenated alkanes) is 2. The predicted molar refractivity (Wildman–Crippen MR) is 66.5 cm³/mol. The first-order valence-electron chi connectivity index (χ1n) is 6.29. The summed E-state index contributed by atoms with van der Waals surface area (Å²) in [6.07, 6.45) is 6.58. The van der Waals surface area contributed by atoms with Gasteiger partial charge in [0.25, 0.3) is 0 Å². The summed E-state index contributed by atoms with van der Waals surface area (Å²) in [4.78, 5) is 0. The SMILES string of the molecule is CCCCCC1(N)CCc2ccccc2O1. The van der Waals surface area contributed by atoms with Gasteiger partial charge >= 0.3 is 0 Å². The number of aryl methyl sites for hydroxylation is 1. The van der Waals surface area contributed by atoms with E-state index in [0.717, 1.165) is 31.4 Å². The van der Waals surface area contributed by atoms with E-state index in [1.165, 1.54) is 18.4 Å². The van der Waals surface area contributed by atoms with E-state index in [0.29, 0.717) is 0 Å². The Morgan fingerprint density at radius 1 is 1.31 bits per heavy atom. The van der Waals surface area contributed by atoms with Crippen LogP contribution in [-0.4, -0.2) is 5.72 Å². The standard InChI is InChI=1S/C14H21NO/c1-2-3-6-10-14(15)11-9-12-7-4-5-8-13(12)16-14/h4-5,7-8H,2-3,6,9-11,15H2,1H3. The van der Waals surface area contributed by atoms with E-state index in [1.807, 2.05) is 12.1 Å². The molecule has 1 aromatic carbocycles. The van der Waals surface area contributed by atoms with Crippen LogP contribution in [0.2, 0.25) is 0 Å². The molecule has 1 atom stereocenters. The Labute approximate surface area is 97.8 Å². The third-order valence-electron chi connectivity index (χ3n) is 3.31. The second-order valence-electron chi connectivity index (χ2n) is 4.73. The lowest BCUT2D eigenvalue weighted by molar-refractivity contribution is 0.0412. The molecule has 0 aliphatic carbocycles. The maximum Gasteiger partial charge on any atom is 0.158 e. The van der Waals surface area contributed by atoms with Gasteiger partial charge in [-0.15, -0.1) is 0 Å². The topological polar surface area (TPSA) is 35.2 Å². The van der Waals surface area contributed by atoms with E-state index in [1.54, 1.807) is 0 Å². The first kappa shape index (κ1) is 11.5. The van der Waals surface area contributed by atoms with Gasteiger partial charge < -0.3 is 4.74 Å². The van der Waals surface area contributed by atoms with Crippen LogP contribution in [0.4, 0.5) is 0 Å². The molecular formula is C14H21NO. The van der Waals surface area contributed by atoms with E-state index in [4.69, 9.17) is 10.5 Å². The van der Waals surface area contributed by atoms with Crippen LogP contribution < -0.4 is 10.5 Å². The molecule has 1 heterocycles. The zero-order valence-corrected chi connectivity index (χ0v) is 10.0. The summed E-state index contributed by atoms with van der Waals surface area (Å²) in [5, 5.41) is 0. The van der Waals surface area contributed by atoms with E-state index in [2.05, 4.69) is 19.1 Å². The average Bonchev–Trinajstić information content (AvgIpc) is 2.29. The molecule has 1 aromatic rings. The minimum absolute atomic E-state index is 0.427. The smallest absolute Gasteiger partial charge is 0.158 e. The number of ether oxygens (including phenoxy) is 1. The highest BCUT2D eigenvalue weighted by Crippen LogP contribution is 2.32. The van der Waals surface area contributed by atoms with Gasteiger partial charge in [0.15, 0.2) is 5.72 Å². The average molecular weight is 219 g/mol. The zero-order chi connectivity index (χ0) is 11.4. The molecule has 0 bridgehead atoms. The number of hydrogen-bond donors (Lipinski definition) is 1. The van der Waals surface area contributed by atoms with Crippen molar-refractivity contribution in [3.8, 4) is 5.75 Å². The van der Waals surface area contributed by atoms with Gasteiger partial charge in [0.05, 0.1) is 0 Å². The van der Waals surface area contributed by atoms with Crippen molar-refractivity contribution in [3.05, 3.63) is 29.8 Å². The lowest BCUT2D eigenvalue weighted by Crippen LogP contribution is -2.48. The Morgan fingerprint density at radius 2 is 2.12 bits per heavy atom. The van der Waals surface area contributed by atoms with Gasteiger partial charge in [-0.1, -0.05) is 38.0 Å². The second-order valence-corrected chi connectivity index (χ2v) is 4.73. The van der Waals surface area contributed by atoms with Crippen molar-refractivity contribution < 1.29 is 4.74 Å². The van der Waals surface area contributed by atoms with Crippen LogP contribution in [0.1, 0.15) is 44.6 Å². The van der Waals surface area contributed by atoms with Crippen molar-refractivity contribution in [2.24, 2.45) is 5.73 Å². The summed E-state index contributed by atoms with van der Waals surface area (Å²) < 4.78 is 5.94. The molecule has 16 heavy (non-hydrogen) atoms. The van der Waals surface area contributed by atoms with Crippen LogP contribution in [0.3, 0.4) is 0 Å². The Balaban J connectivity index is 2.00. The molecule has 0 saturated carbocycles. The second kappa shape index (κ2) is 4.88. The van der Waals surface area contributed by atoms with E-state index in [-0.39, 0.29) is 0 Å². The molecule has 0 spiro atoms. The van der Waals surface area contributed by atoms with Gasteiger partial charge in [-0.2, -0.15) is 0 Å². The first-order valence-corrected chi connectivity index (χ1v) is 6.29. The van der Waals surface area contributed by atoms with Crippen LogP contribution in [0.25, 0.3) is 0 Å². The summed E-state index contributed by atoms with van der Waals surface area (Å²) in [7, 11) is 0. The van der Waals surface area contributed by atoms with Crippen molar-refractivity contribution in [1.29, 1.82) is 0 Å². The maximum absolute atomic E-state index is 6.29. The van der Waals surface area contributed by atoms with Crippen molar-refractivity contribution in [3.63, 3.8) is 0 Å². The van der Waals surface area contributed by atoms with Crippen LogP contribution in [-0.2, 0) is 6.42 Å². The van der Waals surface area contributed by atoms with E-state index in [9.17, 15) is 0 Å². The first-order chi connectivity index (χ1) is 7.73. The van der Waals surface area contributed by atoms with Gasteiger partial charge in [0.1, 0.15) is 5.75 Å². The van der Waals surface area contributed by atoms with Crippen molar-refractivity contribution in [2.75, 3.05) is 0 Å². The molecule has 2 nitrogen and oxygen atoms in total. The molecule has 2 rings (SSSR count). The number of para-hydroxylation sites is 1. The van der Waals surface area contributed by atoms with Gasteiger partial charge in [-0.3, -0.25) is 5.73 Å². The molecular weight excluding hydrogens is 198 g/mol. The molecule has 0 radical (unpaired) electrons. The maximum atomic E-state index is 6.29. The number of rotatable bonds is 4. The Kier molecular flexibility index (Phi) is 3.49. The lowest BCUT2D eigenvalue weighted by Gasteiger charge is -2.35. The van der Waals surface area contributed by atoms with Crippen LogP contribution in [0.15, 0.2) is 24.3 Å². The third kappa shape index (κ3) is 2.56. The highest BCUT2D eigenvalue weighted by Gasteiger charge is 2.31. The molecule has 0 aromatic heterocycles. The molecule has 88 valence electrons. The number of fused-ring (bicyclic) bond motifs is 1. The third-order valence-corrected chi connectivity index (χ3v) is 3.31. The highest BCUT2D eigenvalue weighted by atomic mass is 16.5. The Morgan fingerprint density at radius 3 is 2.94 bits per heavy atom. The molecule has 0 saturated heterocycles. The highest BCUT2D eigenvalue weighted by molar-refractivity contribution is 5.35. The molecule has 1 unspecified atom stereocenters. The quantitative estimate of drug-likeness (QED) is 0.789. The molecule has 1 aliphatic rings. The summed E-state index contributed by atoms with van der Waals surface area (Å²) in [6.45, 7) is 2.21. The van der Waals surface area contributed by atoms with Gasteiger partial charge in [-0.05, 0) is 24.5 Å². The lowest BCUT2D eigenvalue weighted by atomic mass is 9.94. The predicted octanol–water partition coefficient (Wildman–Crippen LogP) is 3.25. The van der Waals surface area contributed by atoms with E-state index >= 15 is 0 Å². The number of benzene rings is 1. The van der Waals surface area contributed by atoms with Crippen LogP contribution >= 0.6 is 0 Å². The normalized spacial score (nSPS) is 23.6. The minimum Gasteiger partial charge on any atom is -0.473 e. The molecule has 1 aliphatic heterocycles. The summed E-state index contributed by atoms with van der Waals surface area (Å²) in [6, 6.07) is 8.22. The minimum atomic E-state index is -0.427. The van der Waals surface area contributed by atoms with Crippen molar-refractivity contribution in [2.45, 2.75) is 51.2 Å². The largest absolute Gasteiger partial charge is 0.473 e. The summed E-state index contributed by atoms with van der Waals surface area (Å²) in [5.41, 5.74) is 7.16. The molecule has 0 fully saturated rings. The van der Waals surface area contributed by atoms with Gasteiger partial charge in [0.2, 0.25) is 0 Å². The van der Waals surface area contributed by atoms with E-state index < -0.39 is 5.72 Å². The van der Waals surface area contributed by atoms with Crippen LogP contribution in [0, 0.1) is 0 Å². The van der Waals surface area contributed by atoms with Crippen LogP contribution in [0.5, 0.6) is 5.75 Å². The fourth-order valence-electron chi connectivity index (χ4n) is 2.28. The monoisotopic (exact) mass is 219 g/mol.